The second-order valence-electron chi connectivity index (χ2n) is 16.1. The number of nitrogens with one attached hydrogen (secondary N) is 4. The highest BCUT2D eigenvalue weighted by molar-refractivity contribution is 6.33. The van der Waals surface area contributed by atoms with Gasteiger partial charge < -0.3 is 25.6 Å². The Morgan fingerprint density at radius 2 is 1.87 bits per heavy atom. The quantitative estimate of drug-likeness (QED) is 0.132. The minimum atomic E-state index is -4.45. The van der Waals surface area contributed by atoms with E-state index in [0.717, 1.165) is 0 Å². The highest BCUT2D eigenvalue weighted by Gasteiger charge is 2.56. The van der Waals surface area contributed by atoms with Gasteiger partial charge in [0.1, 0.15) is 10.7 Å². The zero-order chi connectivity index (χ0) is 42.7. The van der Waals surface area contributed by atoms with Crippen LogP contribution in [0.1, 0.15) is 63.6 Å². The number of hydrogen-bond donors (Lipinski definition) is 4. The lowest BCUT2D eigenvalue weighted by molar-refractivity contribution is -0.196. The molecule has 1 aromatic carbocycles. The van der Waals surface area contributed by atoms with Gasteiger partial charge in [0.15, 0.2) is 18.2 Å². The molecule has 316 valence electrons. The van der Waals surface area contributed by atoms with E-state index in [4.69, 9.17) is 16.3 Å². The Kier molecular flexibility index (Phi) is 10.6. The summed E-state index contributed by atoms with van der Waals surface area (Å²) >= 11 is 6.52. The van der Waals surface area contributed by atoms with E-state index in [2.05, 4.69) is 41.3 Å². The molecule has 1 unspecified atom stereocenters. The zero-order valence-corrected chi connectivity index (χ0v) is 33.9. The van der Waals surface area contributed by atoms with Gasteiger partial charge in [0.25, 0.3) is 11.5 Å². The molecule has 2 saturated heterocycles. The van der Waals surface area contributed by atoms with Crippen molar-refractivity contribution < 1.29 is 32.3 Å². The summed E-state index contributed by atoms with van der Waals surface area (Å²) in [5.74, 6) is -2.78. The average Bonchev–Trinajstić information content (AvgIpc) is 3.51. The number of amides is 3. The van der Waals surface area contributed by atoms with Gasteiger partial charge in [-0.15, -0.1) is 0 Å². The fourth-order valence-electron chi connectivity index (χ4n) is 8.68. The van der Waals surface area contributed by atoms with E-state index in [1.165, 1.54) is 30.1 Å². The van der Waals surface area contributed by atoms with Gasteiger partial charge in [-0.3, -0.25) is 33.7 Å². The number of carbonyl (C=O) groups excluding carboxylic acids is 3. The molecule has 5 aromatic rings. The monoisotopic (exact) mass is 849 g/mol. The van der Waals surface area contributed by atoms with Crippen LogP contribution in [0, 0.1) is 11.3 Å². The van der Waals surface area contributed by atoms with Gasteiger partial charge in [-0.05, 0) is 69.9 Å². The van der Waals surface area contributed by atoms with Crippen LogP contribution < -0.4 is 36.5 Å². The van der Waals surface area contributed by atoms with Gasteiger partial charge in [0.05, 0.1) is 41.1 Å². The fourth-order valence-corrected chi connectivity index (χ4v) is 8.82. The van der Waals surface area contributed by atoms with Crippen molar-refractivity contribution in [3.63, 3.8) is 0 Å². The van der Waals surface area contributed by atoms with E-state index in [1.807, 2.05) is 18.7 Å². The number of imide groups is 1. The predicted molar refractivity (Wildman–Crippen MR) is 218 cm³/mol. The number of aryl methyl sites for hydroxylation is 1. The van der Waals surface area contributed by atoms with Gasteiger partial charge in [0, 0.05) is 67.6 Å². The number of alkyl halides is 3. The van der Waals surface area contributed by atoms with Crippen molar-refractivity contribution in [3.8, 4) is 5.75 Å². The molecule has 3 aliphatic rings. The smallest absolute Gasteiger partial charge is 0.393 e. The number of anilines is 4. The van der Waals surface area contributed by atoms with E-state index >= 15 is 0 Å². The molecule has 8 rings (SSSR count). The number of ether oxygens (including phenoxy) is 1. The summed E-state index contributed by atoms with van der Waals surface area (Å²) < 4.78 is 53.0. The number of hydrogen-bond acceptors (Lipinski definition) is 12. The van der Waals surface area contributed by atoms with Crippen molar-refractivity contribution in [2.24, 2.45) is 18.4 Å². The van der Waals surface area contributed by atoms with Crippen molar-refractivity contribution >= 4 is 74.4 Å². The first-order valence-corrected chi connectivity index (χ1v) is 20.0. The van der Waals surface area contributed by atoms with Crippen LogP contribution in [0.5, 0.6) is 5.75 Å². The Labute approximate surface area is 346 Å². The number of piperidine rings is 1. The second-order valence-corrected chi connectivity index (χ2v) is 16.5. The molecule has 2 aliphatic heterocycles. The molecule has 20 heteroatoms. The third-order valence-corrected chi connectivity index (χ3v) is 11.9. The van der Waals surface area contributed by atoms with Gasteiger partial charge in [-0.2, -0.15) is 23.3 Å². The minimum Gasteiger partial charge on any atom is -0.478 e. The van der Waals surface area contributed by atoms with Crippen LogP contribution in [0.2, 0.25) is 5.02 Å². The maximum absolute atomic E-state index is 14.8. The summed E-state index contributed by atoms with van der Waals surface area (Å²) in [6.45, 7) is 3.99. The van der Waals surface area contributed by atoms with Crippen LogP contribution in [0.3, 0.4) is 0 Å². The van der Waals surface area contributed by atoms with Crippen molar-refractivity contribution in [2.45, 2.75) is 70.1 Å². The molecule has 1 aliphatic carbocycles. The van der Waals surface area contributed by atoms with Crippen molar-refractivity contribution in [1.82, 2.24) is 39.9 Å². The van der Waals surface area contributed by atoms with Crippen LogP contribution in [-0.4, -0.2) is 86.0 Å². The molecule has 6 heterocycles. The standard InChI is InChI=1S/C40H43ClF3N11O5/c1-20(2)55-35-21(12-30(37(55)59)60-17-32(57)45-3)11-23(15-46-35)49-34-27(41)16-47-38(51-34)54-18-39(19-54)10-9-28(26(14-39)40(42,43)44)48-22-5-6-24-29(13-22)53(4)52-33(24)25-7-8-31(56)50-36(25)58/h5-6,11-13,15-16,20,25-26,28,48H,7-10,14,17-19H2,1-4H3,(H,45,57)(H,47,49,51)(H,50,56,58)/t25?,26-,28+/m0/s1. The molecule has 1 spiro atoms. The molecule has 3 amide bonds. The highest BCUT2D eigenvalue weighted by atomic mass is 35.5. The number of aromatic nitrogens is 6. The Balaban J connectivity index is 0.958. The largest absolute Gasteiger partial charge is 0.478 e. The summed E-state index contributed by atoms with van der Waals surface area (Å²) in [5, 5.41) is 17.2. The molecule has 3 fully saturated rings. The Bertz CT molecular complexity index is 2590. The molecule has 1 saturated carbocycles. The lowest BCUT2D eigenvalue weighted by Crippen LogP contribution is -2.62. The summed E-state index contributed by atoms with van der Waals surface area (Å²) in [5.41, 5.74) is 1.58. The maximum atomic E-state index is 14.8. The number of halogens is 4. The van der Waals surface area contributed by atoms with E-state index in [9.17, 15) is 32.3 Å². The average molecular weight is 850 g/mol. The first kappa shape index (κ1) is 40.8. The molecule has 0 bridgehead atoms. The second kappa shape index (κ2) is 15.6. The maximum Gasteiger partial charge on any atom is 0.393 e. The number of rotatable bonds is 10. The van der Waals surface area contributed by atoms with E-state index < -0.39 is 46.8 Å². The minimum absolute atomic E-state index is 0.0151. The number of carbonyl (C=O) groups is 3. The molecule has 16 nitrogen and oxygen atoms in total. The lowest BCUT2D eigenvalue weighted by atomic mass is 9.63. The van der Waals surface area contributed by atoms with Crippen molar-refractivity contribution in [1.29, 1.82) is 0 Å². The van der Waals surface area contributed by atoms with Gasteiger partial charge in [0.2, 0.25) is 17.8 Å². The third-order valence-electron chi connectivity index (χ3n) is 11.7. The summed E-state index contributed by atoms with van der Waals surface area (Å²) in [6.07, 6.45) is -0.189. The van der Waals surface area contributed by atoms with E-state index in [-0.39, 0.29) is 54.4 Å². The number of fused-ring (bicyclic) bond motifs is 2. The van der Waals surface area contributed by atoms with Crippen molar-refractivity contribution in [3.05, 3.63) is 63.8 Å². The Hall–Kier alpha value is -5.98. The van der Waals surface area contributed by atoms with Crippen LogP contribution in [0.4, 0.5) is 36.3 Å². The first-order chi connectivity index (χ1) is 28.5. The molecular formula is C40H43ClF3N11O5. The highest BCUT2D eigenvalue weighted by Crippen LogP contribution is 2.52. The molecule has 3 atom stereocenters. The zero-order valence-electron chi connectivity index (χ0n) is 33.2. The third kappa shape index (κ3) is 7.77. The van der Waals surface area contributed by atoms with Gasteiger partial charge >= 0.3 is 6.18 Å². The van der Waals surface area contributed by atoms with Crippen LogP contribution in [-0.2, 0) is 21.4 Å². The number of pyridine rings is 2. The van der Waals surface area contributed by atoms with Crippen LogP contribution in [0.15, 0.2) is 47.5 Å². The predicted octanol–water partition coefficient (Wildman–Crippen LogP) is 5.35. The van der Waals surface area contributed by atoms with E-state index in [1.54, 1.807) is 36.0 Å². The fraction of sp³-hybridized carbons (Fsp3) is 0.450. The number of nitrogens with zero attached hydrogens (tertiary/aromatic N) is 7. The number of benzene rings is 1. The summed E-state index contributed by atoms with van der Waals surface area (Å²) in [6, 6.07) is 7.36. The van der Waals surface area contributed by atoms with Crippen molar-refractivity contribution in [2.75, 3.05) is 42.3 Å². The molecule has 4 aromatic heterocycles. The number of likely N-dealkylation sites (N-methyl/N-ethyl adjacent to an activating group) is 1. The first-order valence-electron chi connectivity index (χ1n) is 19.6. The Morgan fingerprint density at radius 1 is 1.08 bits per heavy atom. The Morgan fingerprint density at radius 3 is 2.58 bits per heavy atom. The van der Waals surface area contributed by atoms with Crippen LogP contribution in [0.25, 0.3) is 21.9 Å². The summed E-state index contributed by atoms with van der Waals surface area (Å²) in [7, 11) is 3.18. The molecule has 60 heavy (non-hydrogen) atoms. The van der Waals surface area contributed by atoms with E-state index in [0.29, 0.717) is 70.9 Å². The molecule has 0 radical (unpaired) electrons. The lowest BCUT2D eigenvalue weighted by Gasteiger charge is -2.55. The normalized spacial score (nSPS) is 20.4. The van der Waals surface area contributed by atoms with Crippen LogP contribution >= 0.6 is 11.6 Å². The molecular weight excluding hydrogens is 807 g/mol. The summed E-state index contributed by atoms with van der Waals surface area (Å²) in [4.78, 5) is 64.7. The SMILES string of the molecule is CNC(=O)COc1cc2cc(Nc3nc(N4CC5(CC[C@@H](Nc6ccc7c(C8CCC(=O)NC8=O)nn(C)c7c6)[C@@H](C(F)(F)F)C5)C4)ncc3Cl)cnc2n(C(C)C)c1=O. The molecule has 4 N–H and O–H groups in total. The van der Waals surface area contributed by atoms with Gasteiger partial charge in [-0.1, -0.05) is 11.6 Å². The topological polar surface area (TPSA) is 190 Å². The van der Waals surface area contributed by atoms with Gasteiger partial charge in [-0.25, -0.2) is 9.97 Å².